The summed E-state index contributed by atoms with van der Waals surface area (Å²) < 4.78 is 23.6. The van der Waals surface area contributed by atoms with Crippen LogP contribution in [0.1, 0.15) is 59.3 Å². The second kappa shape index (κ2) is 6.46. The fraction of sp³-hybridized carbons (Fsp3) is 0.933. The maximum absolute atomic E-state index is 12.2. The highest BCUT2D eigenvalue weighted by molar-refractivity contribution is 7.91. The monoisotopic (exact) mass is 303 g/mol. The van der Waals surface area contributed by atoms with Crippen LogP contribution in [0.2, 0.25) is 0 Å². The number of carbonyl (C=O) groups excluding carboxylic acids is 1. The van der Waals surface area contributed by atoms with Gasteiger partial charge in [-0.3, -0.25) is 4.79 Å². The second-order valence-electron chi connectivity index (χ2n) is 7.29. The molecule has 118 valence electrons. The zero-order chi connectivity index (χ0) is 15.6. The molecule has 20 heavy (non-hydrogen) atoms. The Morgan fingerprint density at radius 3 is 2.35 bits per heavy atom. The first-order valence-electron chi connectivity index (χ1n) is 7.47. The SMILES string of the molecule is CN(C(=O)CCCC(C)(C)C)[C@@H]1CCC[C@H]1S(C)(=O)=O. The van der Waals surface area contributed by atoms with E-state index in [0.29, 0.717) is 12.8 Å². The van der Waals surface area contributed by atoms with E-state index in [9.17, 15) is 13.2 Å². The van der Waals surface area contributed by atoms with Crippen molar-refractivity contribution in [3.8, 4) is 0 Å². The van der Waals surface area contributed by atoms with E-state index in [2.05, 4.69) is 20.8 Å². The highest BCUT2D eigenvalue weighted by Gasteiger charge is 2.38. The van der Waals surface area contributed by atoms with Crippen molar-refractivity contribution in [2.45, 2.75) is 70.6 Å². The molecule has 0 aliphatic heterocycles. The Morgan fingerprint density at radius 1 is 1.25 bits per heavy atom. The molecule has 0 aromatic heterocycles. The molecule has 2 atom stereocenters. The molecule has 1 rings (SSSR count). The maximum atomic E-state index is 12.2. The Morgan fingerprint density at radius 2 is 1.85 bits per heavy atom. The Bertz CT molecular complexity index is 437. The summed E-state index contributed by atoms with van der Waals surface area (Å²) in [6, 6.07) is -0.132. The number of hydrogen-bond acceptors (Lipinski definition) is 3. The molecule has 0 radical (unpaired) electrons. The molecule has 0 saturated heterocycles. The van der Waals surface area contributed by atoms with Gasteiger partial charge in [0.25, 0.3) is 0 Å². The Hall–Kier alpha value is -0.580. The van der Waals surface area contributed by atoms with E-state index < -0.39 is 9.84 Å². The summed E-state index contributed by atoms with van der Waals surface area (Å²) in [5, 5.41) is -0.376. The predicted octanol–water partition coefficient (Wildman–Crippen LogP) is 2.63. The van der Waals surface area contributed by atoms with Crippen molar-refractivity contribution in [2.75, 3.05) is 13.3 Å². The number of sulfone groups is 1. The third-order valence-electron chi connectivity index (χ3n) is 4.18. The van der Waals surface area contributed by atoms with Crippen LogP contribution in [0.4, 0.5) is 0 Å². The van der Waals surface area contributed by atoms with E-state index in [0.717, 1.165) is 25.7 Å². The minimum absolute atomic E-state index is 0.0785. The molecule has 1 aliphatic rings. The molecule has 4 nitrogen and oxygen atoms in total. The largest absolute Gasteiger partial charge is 0.341 e. The zero-order valence-corrected chi connectivity index (χ0v) is 14.3. The molecular weight excluding hydrogens is 274 g/mol. The third-order valence-corrected chi connectivity index (χ3v) is 5.83. The van der Waals surface area contributed by atoms with Crippen molar-refractivity contribution in [1.29, 1.82) is 0 Å². The van der Waals surface area contributed by atoms with Crippen LogP contribution in [-0.2, 0) is 14.6 Å². The van der Waals surface area contributed by atoms with E-state index in [4.69, 9.17) is 0 Å². The van der Waals surface area contributed by atoms with Crippen molar-refractivity contribution in [3.05, 3.63) is 0 Å². The maximum Gasteiger partial charge on any atom is 0.222 e. The van der Waals surface area contributed by atoms with Crippen molar-refractivity contribution >= 4 is 15.7 Å². The van der Waals surface area contributed by atoms with E-state index in [1.54, 1.807) is 11.9 Å². The molecule has 0 N–H and O–H groups in total. The third kappa shape index (κ3) is 5.08. The minimum atomic E-state index is -3.07. The van der Waals surface area contributed by atoms with Gasteiger partial charge < -0.3 is 4.90 Å². The average molecular weight is 303 g/mol. The van der Waals surface area contributed by atoms with Gasteiger partial charge in [-0.05, 0) is 37.5 Å². The summed E-state index contributed by atoms with van der Waals surface area (Å²) in [5.41, 5.74) is 0.238. The number of hydrogen-bond donors (Lipinski definition) is 0. The normalized spacial score (nSPS) is 23.9. The summed E-state index contributed by atoms with van der Waals surface area (Å²) >= 11 is 0. The highest BCUT2D eigenvalue weighted by Crippen LogP contribution is 2.29. The fourth-order valence-electron chi connectivity index (χ4n) is 2.98. The van der Waals surface area contributed by atoms with Crippen molar-refractivity contribution in [2.24, 2.45) is 5.41 Å². The molecule has 0 unspecified atom stereocenters. The van der Waals surface area contributed by atoms with Crippen LogP contribution in [0.15, 0.2) is 0 Å². The molecule has 0 bridgehead atoms. The van der Waals surface area contributed by atoms with Crippen LogP contribution in [-0.4, -0.2) is 43.8 Å². The first-order valence-corrected chi connectivity index (χ1v) is 9.42. The Kier molecular flexibility index (Phi) is 5.64. The van der Waals surface area contributed by atoms with Crippen LogP contribution >= 0.6 is 0 Å². The fourth-order valence-corrected chi connectivity index (χ4v) is 4.46. The molecule has 1 saturated carbocycles. The Balaban J connectivity index is 2.56. The van der Waals surface area contributed by atoms with E-state index in [1.165, 1.54) is 6.26 Å². The minimum Gasteiger partial charge on any atom is -0.341 e. The van der Waals surface area contributed by atoms with E-state index in [-0.39, 0.29) is 22.6 Å². The van der Waals surface area contributed by atoms with Crippen LogP contribution < -0.4 is 0 Å². The van der Waals surface area contributed by atoms with Crippen molar-refractivity contribution in [1.82, 2.24) is 4.90 Å². The van der Waals surface area contributed by atoms with Gasteiger partial charge in [0.2, 0.25) is 5.91 Å². The van der Waals surface area contributed by atoms with Crippen LogP contribution in [0.25, 0.3) is 0 Å². The van der Waals surface area contributed by atoms with Gasteiger partial charge in [0.05, 0.1) is 5.25 Å². The van der Waals surface area contributed by atoms with Gasteiger partial charge in [0.1, 0.15) is 0 Å². The molecule has 1 fully saturated rings. The molecule has 1 aliphatic carbocycles. The predicted molar refractivity (Wildman–Crippen MR) is 82.3 cm³/mol. The summed E-state index contributed by atoms with van der Waals surface area (Å²) in [6.07, 6.45) is 6.05. The Labute approximate surface area is 123 Å². The van der Waals surface area contributed by atoms with E-state index in [1.807, 2.05) is 0 Å². The number of amides is 1. The molecule has 5 heteroatoms. The van der Waals surface area contributed by atoms with Crippen molar-refractivity contribution in [3.63, 3.8) is 0 Å². The summed E-state index contributed by atoms with van der Waals surface area (Å²) in [6.45, 7) is 6.49. The average Bonchev–Trinajstić information content (AvgIpc) is 2.74. The van der Waals surface area contributed by atoms with Gasteiger partial charge in [-0.2, -0.15) is 0 Å². The highest BCUT2D eigenvalue weighted by atomic mass is 32.2. The lowest BCUT2D eigenvalue weighted by molar-refractivity contribution is -0.132. The first kappa shape index (κ1) is 17.5. The lowest BCUT2D eigenvalue weighted by Gasteiger charge is -2.29. The molecule has 0 aromatic carbocycles. The van der Waals surface area contributed by atoms with Gasteiger partial charge >= 0.3 is 0 Å². The van der Waals surface area contributed by atoms with Gasteiger partial charge in [-0.15, -0.1) is 0 Å². The molecule has 0 heterocycles. The molecule has 0 aromatic rings. The second-order valence-corrected chi connectivity index (χ2v) is 9.55. The van der Waals surface area contributed by atoms with Crippen molar-refractivity contribution < 1.29 is 13.2 Å². The number of rotatable bonds is 5. The number of nitrogens with zero attached hydrogens (tertiary/aromatic N) is 1. The van der Waals surface area contributed by atoms with E-state index >= 15 is 0 Å². The summed E-state index contributed by atoms with van der Waals surface area (Å²) in [5.74, 6) is 0.0785. The zero-order valence-electron chi connectivity index (χ0n) is 13.5. The van der Waals surface area contributed by atoms with Gasteiger partial charge in [-0.1, -0.05) is 20.8 Å². The number of carbonyl (C=O) groups is 1. The first-order chi connectivity index (χ1) is 9.02. The van der Waals surface area contributed by atoms with Crippen LogP contribution in [0.3, 0.4) is 0 Å². The van der Waals surface area contributed by atoms with Crippen LogP contribution in [0, 0.1) is 5.41 Å². The molecular formula is C15H29NO3S. The van der Waals surface area contributed by atoms with Crippen LogP contribution in [0.5, 0.6) is 0 Å². The van der Waals surface area contributed by atoms with Gasteiger partial charge in [-0.25, -0.2) is 8.42 Å². The topological polar surface area (TPSA) is 54.5 Å². The lowest BCUT2D eigenvalue weighted by Crippen LogP contribution is -2.44. The summed E-state index contributed by atoms with van der Waals surface area (Å²) in [7, 11) is -1.31. The summed E-state index contributed by atoms with van der Waals surface area (Å²) in [4.78, 5) is 13.9. The quantitative estimate of drug-likeness (QED) is 0.784. The smallest absolute Gasteiger partial charge is 0.222 e. The van der Waals surface area contributed by atoms with Gasteiger partial charge in [0, 0.05) is 25.8 Å². The van der Waals surface area contributed by atoms with Gasteiger partial charge in [0.15, 0.2) is 9.84 Å². The lowest BCUT2D eigenvalue weighted by atomic mass is 9.90. The standard InChI is InChI=1S/C15H29NO3S/c1-15(2,3)11-7-10-14(17)16(4)12-8-6-9-13(12)20(5,18)19/h12-13H,6-11H2,1-5H3/t12-,13-/m1/s1. The molecule has 0 spiro atoms. The molecule has 1 amide bonds.